The molecule has 7 nitrogen and oxygen atoms in total. The van der Waals surface area contributed by atoms with E-state index in [1.807, 2.05) is 0 Å². The van der Waals surface area contributed by atoms with Gasteiger partial charge in [0.2, 0.25) is 0 Å². The summed E-state index contributed by atoms with van der Waals surface area (Å²) in [4.78, 5) is 23.7. The summed E-state index contributed by atoms with van der Waals surface area (Å²) in [6, 6.07) is 8.64. The van der Waals surface area contributed by atoms with Crippen molar-refractivity contribution in [2.24, 2.45) is 7.05 Å². The topological polar surface area (TPSA) is 93.5 Å². The number of ether oxygens (including phenoxy) is 1. The van der Waals surface area contributed by atoms with Gasteiger partial charge in [0.15, 0.2) is 10.8 Å². The van der Waals surface area contributed by atoms with Crippen LogP contribution in [0.4, 0.5) is 10.1 Å². The van der Waals surface area contributed by atoms with Crippen LogP contribution in [0.1, 0.15) is 20.2 Å². The van der Waals surface area contributed by atoms with E-state index in [1.165, 1.54) is 35.1 Å². The molecule has 0 unspecified atom stereocenters. The Balaban J connectivity index is 1.72. The Kier molecular flexibility index (Phi) is 4.48. The summed E-state index contributed by atoms with van der Waals surface area (Å²) >= 11 is 1.08. The maximum Gasteiger partial charge on any atom is 0.358 e. The molecular weight excluding hydrogens is 349 g/mol. The van der Waals surface area contributed by atoms with Crippen LogP contribution in [0.5, 0.6) is 10.8 Å². The van der Waals surface area contributed by atoms with E-state index in [0.29, 0.717) is 15.7 Å². The lowest BCUT2D eigenvalue weighted by atomic mass is 10.3. The number of anilines is 1. The Hall–Kier alpha value is -3.20. The highest BCUT2D eigenvalue weighted by molar-refractivity contribution is 7.15. The minimum absolute atomic E-state index is 0.106. The molecule has 0 atom stereocenters. The number of aromatic carboxylic acids is 1. The lowest BCUT2D eigenvalue weighted by Crippen LogP contribution is -2.12. The van der Waals surface area contributed by atoms with E-state index in [9.17, 15) is 14.0 Å². The molecule has 0 bridgehead atoms. The fraction of sp³-hybridized carbons (Fsp3) is 0.0625. The van der Waals surface area contributed by atoms with Gasteiger partial charge in [-0.15, -0.1) is 0 Å². The molecule has 9 heteroatoms. The molecule has 2 aromatic heterocycles. The molecule has 0 aliphatic heterocycles. The number of aromatic nitrogens is 2. The van der Waals surface area contributed by atoms with Crippen molar-refractivity contribution in [1.82, 2.24) is 9.78 Å². The van der Waals surface area contributed by atoms with Crippen molar-refractivity contribution < 1.29 is 23.8 Å². The zero-order valence-corrected chi connectivity index (χ0v) is 13.7. The minimum atomic E-state index is -1.23. The third kappa shape index (κ3) is 3.83. The Morgan fingerprint density at radius 3 is 2.64 bits per heavy atom. The first kappa shape index (κ1) is 16.7. The van der Waals surface area contributed by atoms with Crippen LogP contribution in [-0.4, -0.2) is 26.8 Å². The quantitative estimate of drug-likeness (QED) is 0.727. The Bertz CT molecular complexity index is 933. The molecule has 3 aromatic rings. The van der Waals surface area contributed by atoms with Crippen LogP contribution in [0.25, 0.3) is 0 Å². The van der Waals surface area contributed by atoms with Gasteiger partial charge in [-0.1, -0.05) is 11.3 Å². The van der Waals surface area contributed by atoms with Gasteiger partial charge in [0, 0.05) is 13.2 Å². The number of nitrogens with zero attached hydrogens (tertiary/aromatic N) is 2. The zero-order chi connectivity index (χ0) is 18.0. The summed E-state index contributed by atoms with van der Waals surface area (Å²) < 4.78 is 19.7. The van der Waals surface area contributed by atoms with Crippen LogP contribution < -0.4 is 10.1 Å². The fourth-order valence-corrected chi connectivity index (χ4v) is 2.81. The first-order chi connectivity index (χ1) is 11.9. The minimum Gasteiger partial charge on any atom is -0.476 e. The second-order valence-corrected chi connectivity index (χ2v) is 6.05. The average Bonchev–Trinajstić information content (AvgIpc) is 3.16. The summed E-state index contributed by atoms with van der Waals surface area (Å²) in [5, 5.41) is 15.8. The number of carbonyl (C=O) groups is 2. The van der Waals surface area contributed by atoms with E-state index >= 15 is 0 Å². The Morgan fingerprint density at radius 1 is 1.24 bits per heavy atom. The average molecular weight is 361 g/mol. The number of aryl methyl sites for hydroxylation is 1. The predicted molar refractivity (Wildman–Crippen MR) is 88.9 cm³/mol. The smallest absolute Gasteiger partial charge is 0.358 e. The molecule has 0 aliphatic carbocycles. The third-order valence-electron chi connectivity index (χ3n) is 3.12. The number of benzene rings is 1. The molecule has 2 N–H and O–H groups in total. The van der Waals surface area contributed by atoms with E-state index in [0.717, 1.165) is 11.3 Å². The summed E-state index contributed by atoms with van der Waals surface area (Å²) in [6.07, 6.45) is 1.41. The molecule has 0 fully saturated rings. The highest BCUT2D eigenvalue weighted by atomic mass is 32.1. The van der Waals surface area contributed by atoms with Crippen molar-refractivity contribution in [2.75, 3.05) is 5.32 Å². The van der Waals surface area contributed by atoms with E-state index in [4.69, 9.17) is 9.84 Å². The van der Waals surface area contributed by atoms with Gasteiger partial charge in [0.25, 0.3) is 5.91 Å². The summed E-state index contributed by atoms with van der Waals surface area (Å²) in [5.41, 5.74) is -0.135. The Labute approximate surface area is 145 Å². The molecule has 0 spiro atoms. The molecule has 2 heterocycles. The fourth-order valence-electron chi connectivity index (χ4n) is 2.04. The monoisotopic (exact) mass is 361 g/mol. The van der Waals surface area contributed by atoms with E-state index in [1.54, 1.807) is 19.2 Å². The molecule has 0 radical (unpaired) electrons. The first-order valence-corrected chi connectivity index (χ1v) is 7.85. The SMILES string of the molecule is Cn1cc(NC(=O)c2ccc(Oc3ccc(F)cc3)s2)c(C(=O)O)n1. The largest absolute Gasteiger partial charge is 0.476 e. The maximum absolute atomic E-state index is 12.9. The van der Waals surface area contributed by atoms with Gasteiger partial charge in [0.1, 0.15) is 11.6 Å². The maximum atomic E-state index is 12.9. The lowest BCUT2D eigenvalue weighted by molar-refractivity contribution is 0.0690. The normalized spacial score (nSPS) is 10.5. The summed E-state index contributed by atoms with van der Waals surface area (Å²) in [6.45, 7) is 0. The summed E-state index contributed by atoms with van der Waals surface area (Å²) in [7, 11) is 1.56. The number of rotatable bonds is 5. The Morgan fingerprint density at radius 2 is 1.96 bits per heavy atom. The standard InChI is InChI=1S/C16H12FN3O4S/c1-20-8-11(14(19-20)16(22)23)18-15(21)12-6-7-13(25-12)24-10-4-2-9(17)3-5-10/h2-8H,1H3,(H,18,21)(H,22,23). The molecule has 0 saturated heterocycles. The molecule has 0 aliphatic rings. The second kappa shape index (κ2) is 6.73. The first-order valence-electron chi connectivity index (χ1n) is 7.04. The molecule has 128 valence electrons. The van der Waals surface area contributed by atoms with Crippen molar-refractivity contribution in [2.45, 2.75) is 0 Å². The molecule has 25 heavy (non-hydrogen) atoms. The van der Waals surface area contributed by atoms with Crippen LogP contribution >= 0.6 is 11.3 Å². The van der Waals surface area contributed by atoms with Gasteiger partial charge in [0.05, 0.1) is 10.6 Å². The van der Waals surface area contributed by atoms with Crippen LogP contribution in [0.2, 0.25) is 0 Å². The van der Waals surface area contributed by atoms with Gasteiger partial charge in [-0.25, -0.2) is 9.18 Å². The lowest BCUT2D eigenvalue weighted by Gasteiger charge is -2.02. The van der Waals surface area contributed by atoms with Gasteiger partial charge in [-0.05, 0) is 36.4 Å². The number of hydrogen-bond donors (Lipinski definition) is 2. The molecule has 0 saturated carbocycles. The van der Waals surface area contributed by atoms with Gasteiger partial charge >= 0.3 is 5.97 Å². The van der Waals surface area contributed by atoms with Crippen molar-refractivity contribution in [3.63, 3.8) is 0 Å². The van der Waals surface area contributed by atoms with E-state index < -0.39 is 11.9 Å². The van der Waals surface area contributed by atoms with Crippen molar-refractivity contribution in [3.05, 3.63) is 59.0 Å². The molecule has 3 rings (SSSR count). The number of nitrogens with one attached hydrogen (secondary N) is 1. The number of carbonyl (C=O) groups excluding carboxylic acids is 1. The summed E-state index contributed by atoms with van der Waals surface area (Å²) in [5.74, 6) is -1.64. The van der Waals surface area contributed by atoms with Gasteiger partial charge in [-0.3, -0.25) is 9.48 Å². The van der Waals surface area contributed by atoms with Crippen LogP contribution in [0.3, 0.4) is 0 Å². The number of carboxylic acids is 1. The third-order valence-corrected chi connectivity index (χ3v) is 4.08. The van der Waals surface area contributed by atoms with Crippen molar-refractivity contribution >= 4 is 28.9 Å². The van der Waals surface area contributed by atoms with Gasteiger partial charge < -0.3 is 15.2 Å². The van der Waals surface area contributed by atoms with Crippen molar-refractivity contribution in [1.29, 1.82) is 0 Å². The van der Waals surface area contributed by atoms with Gasteiger partial charge in [-0.2, -0.15) is 5.10 Å². The van der Waals surface area contributed by atoms with E-state index in [-0.39, 0.29) is 17.2 Å². The van der Waals surface area contributed by atoms with E-state index in [2.05, 4.69) is 10.4 Å². The number of amides is 1. The van der Waals surface area contributed by atoms with Crippen LogP contribution in [0, 0.1) is 5.82 Å². The number of thiophene rings is 1. The highest BCUT2D eigenvalue weighted by Crippen LogP contribution is 2.30. The van der Waals surface area contributed by atoms with Crippen LogP contribution in [-0.2, 0) is 7.05 Å². The highest BCUT2D eigenvalue weighted by Gasteiger charge is 2.18. The molecular formula is C16H12FN3O4S. The number of halogens is 1. The van der Waals surface area contributed by atoms with Crippen molar-refractivity contribution in [3.8, 4) is 10.8 Å². The number of hydrogen-bond acceptors (Lipinski definition) is 5. The number of carboxylic acid groups (broad SMARTS) is 1. The van der Waals surface area contributed by atoms with Crippen LogP contribution in [0.15, 0.2) is 42.6 Å². The molecule has 1 aromatic carbocycles. The zero-order valence-electron chi connectivity index (χ0n) is 12.9. The predicted octanol–water partition coefficient (Wildman–Crippen LogP) is 3.36. The molecule has 1 amide bonds. The second-order valence-electron chi connectivity index (χ2n) is 5.00.